The highest BCUT2D eigenvalue weighted by Gasteiger charge is 2.07. The van der Waals surface area contributed by atoms with E-state index in [1.54, 1.807) is 0 Å². The Bertz CT molecular complexity index is 749. The van der Waals surface area contributed by atoms with Crippen molar-refractivity contribution in [1.82, 2.24) is 15.1 Å². The van der Waals surface area contributed by atoms with Gasteiger partial charge in [0.25, 0.3) is 0 Å². The van der Waals surface area contributed by atoms with Crippen molar-refractivity contribution in [1.29, 1.82) is 0 Å². The van der Waals surface area contributed by atoms with E-state index >= 15 is 0 Å². The predicted molar refractivity (Wildman–Crippen MR) is 87.3 cm³/mol. The van der Waals surface area contributed by atoms with Crippen LogP contribution in [-0.2, 0) is 26.0 Å². The van der Waals surface area contributed by atoms with Gasteiger partial charge in [-0.1, -0.05) is 42.5 Å². The molecule has 2 aromatic carbocycles. The molecule has 0 fully saturated rings. The first-order valence-corrected chi connectivity index (χ1v) is 7.56. The molecule has 0 aliphatic heterocycles. The Morgan fingerprint density at radius 3 is 2.71 bits per heavy atom. The number of rotatable bonds is 5. The van der Waals surface area contributed by atoms with Gasteiger partial charge in [0.05, 0.1) is 11.2 Å². The van der Waals surface area contributed by atoms with Crippen LogP contribution in [0.1, 0.15) is 16.8 Å². The zero-order chi connectivity index (χ0) is 14.7. The number of nitrogens with one attached hydrogen (secondary N) is 1. The molecule has 3 aromatic rings. The molecule has 0 bridgehead atoms. The second-order valence-corrected chi connectivity index (χ2v) is 5.41. The summed E-state index contributed by atoms with van der Waals surface area (Å²) in [6, 6.07) is 16.6. The average molecular weight is 300 g/mol. The largest absolute Gasteiger partial charge is 0.307 e. The summed E-state index contributed by atoms with van der Waals surface area (Å²) in [6.45, 7) is 1.57. The number of nitrogens with zero attached hydrogens (tertiary/aromatic N) is 2. The maximum absolute atomic E-state index is 5.86. The summed E-state index contributed by atoms with van der Waals surface area (Å²) in [5.74, 6) is 0.554. The number of para-hydroxylation sites is 1. The van der Waals surface area contributed by atoms with Gasteiger partial charge in [-0.15, -0.1) is 11.6 Å². The summed E-state index contributed by atoms with van der Waals surface area (Å²) in [7, 11) is 1.98. The first-order chi connectivity index (χ1) is 10.3. The van der Waals surface area contributed by atoms with Crippen LogP contribution in [0, 0.1) is 0 Å². The summed E-state index contributed by atoms with van der Waals surface area (Å²) < 4.78 is 1.93. The van der Waals surface area contributed by atoms with Crippen molar-refractivity contribution in [2.75, 3.05) is 0 Å². The van der Waals surface area contributed by atoms with Crippen LogP contribution in [0.2, 0.25) is 0 Å². The lowest BCUT2D eigenvalue weighted by atomic mass is 10.1. The SMILES string of the molecule is Cn1nc(CNCc2cccc(CCl)c2)c2ccccc21. The second-order valence-electron chi connectivity index (χ2n) is 5.14. The molecule has 0 unspecified atom stereocenters. The topological polar surface area (TPSA) is 29.9 Å². The first kappa shape index (κ1) is 14.1. The zero-order valence-corrected chi connectivity index (χ0v) is 12.8. The minimum absolute atomic E-state index is 0.554. The molecular weight excluding hydrogens is 282 g/mol. The highest BCUT2D eigenvalue weighted by molar-refractivity contribution is 6.17. The molecule has 21 heavy (non-hydrogen) atoms. The maximum atomic E-state index is 5.86. The monoisotopic (exact) mass is 299 g/mol. The van der Waals surface area contributed by atoms with Crippen LogP contribution in [-0.4, -0.2) is 9.78 Å². The molecule has 0 aliphatic rings. The van der Waals surface area contributed by atoms with Gasteiger partial charge in [-0.05, 0) is 17.2 Å². The number of aromatic nitrogens is 2. The molecule has 3 nitrogen and oxygen atoms in total. The third-order valence-corrected chi connectivity index (χ3v) is 3.91. The maximum Gasteiger partial charge on any atom is 0.0841 e. The van der Waals surface area contributed by atoms with Gasteiger partial charge in [-0.25, -0.2) is 0 Å². The van der Waals surface area contributed by atoms with E-state index in [2.05, 4.69) is 40.7 Å². The third-order valence-electron chi connectivity index (χ3n) is 3.60. The summed E-state index contributed by atoms with van der Waals surface area (Å²) in [5.41, 5.74) is 4.65. The van der Waals surface area contributed by atoms with Gasteiger partial charge < -0.3 is 5.32 Å². The van der Waals surface area contributed by atoms with Crippen LogP contribution >= 0.6 is 11.6 Å². The number of hydrogen-bond donors (Lipinski definition) is 1. The Morgan fingerprint density at radius 2 is 1.86 bits per heavy atom. The minimum Gasteiger partial charge on any atom is -0.307 e. The van der Waals surface area contributed by atoms with E-state index in [-0.39, 0.29) is 0 Å². The molecule has 1 heterocycles. The van der Waals surface area contributed by atoms with Crippen LogP contribution in [0.15, 0.2) is 48.5 Å². The quantitative estimate of drug-likeness (QED) is 0.730. The fourth-order valence-corrected chi connectivity index (χ4v) is 2.73. The standard InChI is InChI=1S/C17H18ClN3/c1-21-17-8-3-2-7-15(17)16(20-21)12-19-11-14-6-4-5-13(9-14)10-18/h2-9,19H,10-12H2,1H3. The molecule has 0 radical (unpaired) electrons. The molecule has 0 saturated heterocycles. The van der Waals surface area contributed by atoms with Crippen molar-refractivity contribution in [3.05, 3.63) is 65.4 Å². The van der Waals surface area contributed by atoms with Crippen molar-refractivity contribution in [2.45, 2.75) is 19.0 Å². The Morgan fingerprint density at radius 1 is 1.05 bits per heavy atom. The lowest BCUT2D eigenvalue weighted by molar-refractivity contribution is 0.661. The predicted octanol–water partition coefficient (Wildman–Crippen LogP) is 3.60. The zero-order valence-electron chi connectivity index (χ0n) is 12.0. The van der Waals surface area contributed by atoms with Gasteiger partial charge in [0.1, 0.15) is 0 Å². The Kier molecular flexibility index (Phi) is 4.23. The van der Waals surface area contributed by atoms with Crippen molar-refractivity contribution in [3.63, 3.8) is 0 Å². The van der Waals surface area contributed by atoms with Crippen molar-refractivity contribution in [2.24, 2.45) is 7.05 Å². The molecular formula is C17H18ClN3. The normalized spacial score (nSPS) is 11.1. The number of alkyl halides is 1. The molecule has 0 aliphatic carbocycles. The van der Waals surface area contributed by atoms with E-state index in [0.29, 0.717) is 5.88 Å². The number of aryl methyl sites for hydroxylation is 1. The van der Waals surface area contributed by atoms with E-state index in [4.69, 9.17) is 11.6 Å². The molecule has 0 atom stereocenters. The van der Waals surface area contributed by atoms with E-state index in [9.17, 15) is 0 Å². The van der Waals surface area contributed by atoms with Gasteiger partial charge in [0.2, 0.25) is 0 Å². The molecule has 0 saturated carbocycles. The molecule has 0 amide bonds. The van der Waals surface area contributed by atoms with Crippen LogP contribution in [0.25, 0.3) is 10.9 Å². The fraction of sp³-hybridized carbons (Fsp3) is 0.235. The van der Waals surface area contributed by atoms with Gasteiger partial charge in [-0.3, -0.25) is 4.68 Å². The van der Waals surface area contributed by atoms with Crippen molar-refractivity contribution < 1.29 is 0 Å². The second kappa shape index (κ2) is 6.29. The van der Waals surface area contributed by atoms with Gasteiger partial charge in [0, 0.05) is 31.4 Å². The van der Waals surface area contributed by atoms with E-state index in [1.165, 1.54) is 16.5 Å². The Hall–Kier alpha value is -1.84. The summed E-state index contributed by atoms with van der Waals surface area (Å²) in [6.07, 6.45) is 0. The van der Waals surface area contributed by atoms with Crippen LogP contribution in [0.4, 0.5) is 0 Å². The highest BCUT2D eigenvalue weighted by Crippen LogP contribution is 2.17. The number of benzene rings is 2. The van der Waals surface area contributed by atoms with Gasteiger partial charge in [0.15, 0.2) is 0 Å². The van der Waals surface area contributed by atoms with Crippen LogP contribution < -0.4 is 5.32 Å². The molecule has 3 rings (SSSR count). The van der Waals surface area contributed by atoms with Crippen LogP contribution in [0.5, 0.6) is 0 Å². The van der Waals surface area contributed by atoms with Crippen molar-refractivity contribution in [3.8, 4) is 0 Å². The molecule has 0 spiro atoms. The first-order valence-electron chi connectivity index (χ1n) is 7.03. The number of halogens is 1. The summed E-state index contributed by atoms with van der Waals surface area (Å²) >= 11 is 5.86. The number of hydrogen-bond acceptors (Lipinski definition) is 2. The summed E-state index contributed by atoms with van der Waals surface area (Å²) in [5, 5.41) is 9.25. The summed E-state index contributed by atoms with van der Waals surface area (Å²) in [4.78, 5) is 0. The van der Waals surface area contributed by atoms with Gasteiger partial charge in [-0.2, -0.15) is 5.10 Å². The molecule has 4 heteroatoms. The lowest BCUT2D eigenvalue weighted by Crippen LogP contribution is -2.13. The van der Waals surface area contributed by atoms with E-state index in [1.807, 2.05) is 29.9 Å². The highest BCUT2D eigenvalue weighted by atomic mass is 35.5. The third kappa shape index (κ3) is 3.09. The van der Waals surface area contributed by atoms with E-state index < -0.39 is 0 Å². The van der Waals surface area contributed by atoms with Crippen molar-refractivity contribution >= 4 is 22.5 Å². The minimum atomic E-state index is 0.554. The molecule has 108 valence electrons. The molecule has 1 N–H and O–H groups in total. The Balaban J connectivity index is 1.69. The average Bonchev–Trinajstić information content (AvgIpc) is 2.85. The molecule has 1 aromatic heterocycles. The number of fused-ring (bicyclic) bond motifs is 1. The van der Waals surface area contributed by atoms with E-state index in [0.717, 1.165) is 24.3 Å². The smallest absolute Gasteiger partial charge is 0.0841 e. The Labute approximate surface area is 129 Å². The van der Waals surface area contributed by atoms with Gasteiger partial charge >= 0.3 is 0 Å². The van der Waals surface area contributed by atoms with Crippen LogP contribution in [0.3, 0.4) is 0 Å². The lowest BCUT2D eigenvalue weighted by Gasteiger charge is -2.05. The fourth-order valence-electron chi connectivity index (χ4n) is 2.57.